The molecule has 0 spiro atoms. The molecule has 1 aromatic carbocycles. The molecule has 1 unspecified atom stereocenters. The van der Waals surface area contributed by atoms with Crippen LogP contribution < -0.4 is 0 Å². The van der Waals surface area contributed by atoms with E-state index in [1.807, 2.05) is 0 Å². The highest BCUT2D eigenvalue weighted by molar-refractivity contribution is 7.10. The van der Waals surface area contributed by atoms with Gasteiger partial charge in [-0.25, -0.2) is 0 Å². The number of hydrogen-bond donors (Lipinski definition) is 1. The first kappa shape index (κ1) is 13.3. The van der Waals surface area contributed by atoms with Crippen LogP contribution in [0.4, 0.5) is 0 Å². The third-order valence-corrected chi connectivity index (χ3v) is 4.60. The monoisotopic (exact) mass is 260 g/mol. The second kappa shape index (κ2) is 5.25. The molecule has 0 fully saturated rings. The zero-order valence-corrected chi connectivity index (χ0v) is 12.3. The van der Waals surface area contributed by atoms with Crippen molar-refractivity contribution in [1.82, 2.24) is 0 Å². The van der Waals surface area contributed by atoms with E-state index in [-0.39, 0.29) is 0 Å². The fourth-order valence-electron chi connectivity index (χ4n) is 2.30. The van der Waals surface area contributed by atoms with E-state index in [0.29, 0.717) is 0 Å². The zero-order chi connectivity index (χ0) is 13.3. The van der Waals surface area contributed by atoms with Crippen LogP contribution in [-0.2, 0) is 6.42 Å². The van der Waals surface area contributed by atoms with Gasteiger partial charge in [0.2, 0.25) is 0 Å². The van der Waals surface area contributed by atoms with Crippen molar-refractivity contribution in [1.29, 1.82) is 0 Å². The maximum Gasteiger partial charge on any atom is 0.114 e. The summed E-state index contributed by atoms with van der Waals surface area (Å²) in [5.74, 6) is 0. The third-order valence-electron chi connectivity index (χ3n) is 3.59. The molecular weight excluding hydrogens is 240 g/mol. The summed E-state index contributed by atoms with van der Waals surface area (Å²) in [5, 5.41) is 12.7. The minimum absolute atomic E-state index is 0.487. The molecule has 1 atom stereocenters. The highest BCUT2D eigenvalue weighted by Gasteiger charge is 2.17. The van der Waals surface area contributed by atoms with E-state index in [1.54, 1.807) is 11.3 Å². The molecule has 1 N–H and O–H groups in total. The summed E-state index contributed by atoms with van der Waals surface area (Å²) in [6, 6.07) is 6.39. The third kappa shape index (κ3) is 2.36. The summed E-state index contributed by atoms with van der Waals surface area (Å²) in [7, 11) is 0. The first-order valence-corrected chi connectivity index (χ1v) is 7.24. The van der Waals surface area contributed by atoms with Gasteiger partial charge in [0, 0.05) is 4.88 Å². The van der Waals surface area contributed by atoms with Crippen molar-refractivity contribution in [2.24, 2.45) is 0 Å². The normalized spacial score (nSPS) is 12.7. The molecule has 18 heavy (non-hydrogen) atoms. The summed E-state index contributed by atoms with van der Waals surface area (Å²) in [5.41, 5.74) is 5.98. The van der Waals surface area contributed by atoms with Crippen LogP contribution >= 0.6 is 11.3 Å². The molecule has 1 aromatic heterocycles. The van der Waals surface area contributed by atoms with E-state index >= 15 is 0 Å². The number of thiophene rings is 1. The van der Waals surface area contributed by atoms with Crippen molar-refractivity contribution < 1.29 is 5.11 Å². The molecule has 0 bridgehead atoms. The summed E-state index contributed by atoms with van der Waals surface area (Å²) in [6.07, 6.45) is 0.485. The molecule has 0 saturated heterocycles. The van der Waals surface area contributed by atoms with Gasteiger partial charge in [-0.3, -0.25) is 0 Å². The van der Waals surface area contributed by atoms with Crippen LogP contribution in [0.3, 0.4) is 0 Å². The van der Waals surface area contributed by atoms with Crippen molar-refractivity contribution in [2.75, 3.05) is 0 Å². The second-order valence-corrected chi connectivity index (χ2v) is 5.81. The Kier molecular flexibility index (Phi) is 3.88. The molecule has 0 radical (unpaired) electrons. The van der Waals surface area contributed by atoms with Crippen molar-refractivity contribution in [3.05, 3.63) is 56.3 Å². The van der Waals surface area contributed by atoms with E-state index in [1.165, 1.54) is 22.3 Å². The number of benzene rings is 1. The van der Waals surface area contributed by atoms with Gasteiger partial charge in [-0.2, -0.15) is 0 Å². The molecular formula is C16H20OS. The molecule has 0 aliphatic carbocycles. The number of aryl methyl sites for hydroxylation is 4. The first-order chi connectivity index (χ1) is 8.54. The number of rotatable bonds is 3. The van der Waals surface area contributed by atoms with Crippen LogP contribution in [0.2, 0.25) is 0 Å². The van der Waals surface area contributed by atoms with Crippen LogP contribution in [0.5, 0.6) is 0 Å². The van der Waals surface area contributed by atoms with E-state index in [0.717, 1.165) is 16.9 Å². The Labute approximate surface area is 113 Å². The maximum atomic E-state index is 10.6. The fraction of sp³-hybridized carbons (Fsp3) is 0.375. The Balaban J connectivity index is 2.46. The van der Waals surface area contributed by atoms with Gasteiger partial charge in [0.25, 0.3) is 0 Å². The Bertz CT molecular complexity index is 554. The molecule has 1 nitrogen and oxygen atoms in total. The van der Waals surface area contributed by atoms with Crippen molar-refractivity contribution >= 4 is 11.3 Å². The van der Waals surface area contributed by atoms with Gasteiger partial charge in [0.15, 0.2) is 0 Å². The van der Waals surface area contributed by atoms with Gasteiger partial charge >= 0.3 is 0 Å². The Morgan fingerprint density at radius 1 is 1.11 bits per heavy atom. The Morgan fingerprint density at radius 3 is 2.44 bits per heavy atom. The highest BCUT2D eigenvalue weighted by Crippen LogP contribution is 2.32. The minimum atomic E-state index is -0.487. The van der Waals surface area contributed by atoms with Crippen LogP contribution in [0, 0.1) is 20.8 Å². The lowest BCUT2D eigenvalue weighted by molar-refractivity contribution is 0.222. The van der Waals surface area contributed by atoms with Crippen molar-refractivity contribution in [3.8, 4) is 0 Å². The van der Waals surface area contributed by atoms with E-state index in [2.05, 4.69) is 51.3 Å². The van der Waals surface area contributed by atoms with E-state index in [4.69, 9.17) is 0 Å². The van der Waals surface area contributed by atoms with Gasteiger partial charge in [-0.15, -0.1) is 11.3 Å². The Hall–Kier alpha value is -1.12. The second-order valence-electron chi connectivity index (χ2n) is 4.86. The SMILES string of the molecule is CCc1ccsc1C(O)c1cc(C)c(C)cc1C. The van der Waals surface area contributed by atoms with Gasteiger partial charge in [0.1, 0.15) is 6.10 Å². The summed E-state index contributed by atoms with van der Waals surface area (Å²) in [4.78, 5) is 1.09. The van der Waals surface area contributed by atoms with Gasteiger partial charge in [-0.05, 0) is 66.5 Å². The lowest BCUT2D eigenvalue weighted by atomic mass is 9.95. The smallest absolute Gasteiger partial charge is 0.114 e. The zero-order valence-electron chi connectivity index (χ0n) is 11.4. The summed E-state index contributed by atoms with van der Waals surface area (Å²) >= 11 is 1.65. The summed E-state index contributed by atoms with van der Waals surface area (Å²) in [6.45, 7) is 8.41. The Morgan fingerprint density at radius 2 is 1.78 bits per heavy atom. The topological polar surface area (TPSA) is 20.2 Å². The number of hydrogen-bond acceptors (Lipinski definition) is 2. The molecule has 0 amide bonds. The lowest BCUT2D eigenvalue weighted by Crippen LogP contribution is -2.03. The molecule has 2 aromatic rings. The van der Waals surface area contributed by atoms with E-state index < -0.39 is 6.10 Å². The maximum absolute atomic E-state index is 10.6. The van der Waals surface area contributed by atoms with Gasteiger partial charge in [0.05, 0.1) is 0 Å². The van der Waals surface area contributed by atoms with Crippen LogP contribution in [0.25, 0.3) is 0 Å². The molecule has 1 heterocycles. The lowest BCUT2D eigenvalue weighted by Gasteiger charge is -2.16. The number of aliphatic hydroxyl groups is 1. The minimum Gasteiger partial charge on any atom is -0.383 e. The average molecular weight is 260 g/mol. The quantitative estimate of drug-likeness (QED) is 0.871. The standard InChI is InChI=1S/C16H20OS/c1-5-13-6-7-18-16(13)15(17)14-9-11(3)10(2)8-12(14)4/h6-9,15,17H,5H2,1-4H3. The van der Waals surface area contributed by atoms with Gasteiger partial charge < -0.3 is 5.11 Å². The largest absolute Gasteiger partial charge is 0.383 e. The van der Waals surface area contributed by atoms with Crippen LogP contribution in [0.15, 0.2) is 23.6 Å². The predicted molar refractivity (Wildman–Crippen MR) is 78.4 cm³/mol. The highest BCUT2D eigenvalue weighted by atomic mass is 32.1. The molecule has 0 saturated carbocycles. The van der Waals surface area contributed by atoms with Crippen LogP contribution in [-0.4, -0.2) is 5.11 Å². The molecule has 0 aliphatic rings. The fourth-order valence-corrected chi connectivity index (χ4v) is 3.30. The predicted octanol–water partition coefficient (Wildman–Crippen LogP) is 4.32. The molecule has 2 heteroatoms. The van der Waals surface area contributed by atoms with Crippen molar-refractivity contribution in [3.63, 3.8) is 0 Å². The van der Waals surface area contributed by atoms with Gasteiger partial charge in [-0.1, -0.05) is 19.1 Å². The van der Waals surface area contributed by atoms with E-state index in [9.17, 15) is 5.11 Å². The van der Waals surface area contributed by atoms with Crippen LogP contribution in [0.1, 0.15) is 45.7 Å². The first-order valence-electron chi connectivity index (χ1n) is 6.36. The summed E-state index contributed by atoms with van der Waals surface area (Å²) < 4.78 is 0. The average Bonchev–Trinajstić information content (AvgIpc) is 2.81. The van der Waals surface area contributed by atoms with Crippen molar-refractivity contribution in [2.45, 2.75) is 40.2 Å². The molecule has 0 aliphatic heterocycles. The number of aliphatic hydroxyl groups excluding tert-OH is 1. The molecule has 2 rings (SSSR count). The molecule has 96 valence electrons.